The molecule has 1 heterocycles. The molecule has 2 aromatic rings. The molecule has 0 aliphatic rings. The number of aromatic nitrogens is 3. The Hall–Kier alpha value is -2.41. The molecule has 0 radical (unpaired) electrons. The highest BCUT2D eigenvalue weighted by molar-refractivity contribution is 5.90. The lowest BCUT2D eigenvalue weighted by molar-refractivity contribution is -0.116. The number of ether oxygens (including phenoxy) is 1. The molecular weight excluding hydrogens is 282 g/mol. The summed E-state index contributed by atoms with van der Waals surface area (Å²) in [4.78, 5) is 15.6. The van der Waals surface area contributed by atoms with Gasteiger partial charge in [-0.1, -0.05) is 6.07 Å². The fourth-order valence-electron chi connectivity index (χ4n) is 1.85. The molecule has 1 aromatic carbocycles. The van der Waals surface area contributed by atoms with Gasteiger partial charge in [-0.05, 0) is 25.5 Å². The molecule has 7 nitrogen and oxygen atoms in total. The molecule has 118 valence electrons. The summed E-state index contributed by atoms with van der Waals surface area (Å²) < 4.78 is 7.33. The average Bonchev–Trinajstić information content (AvgIpc) is 2.99. The van der Waals surface area contributed by atoms with Crippen LogP contribution in [0.1, 0.15) is 19.8 Å². The number of carbonyl (C=O) groups excluding carboxylic acids is 1. The maximum atomic E-state index is 11.8. The maximum Gasteiger partial charge on any atom is 0.224 e. The molecule has 0 aliphatic heterocycles. The zero-order valence-electron chi connectivity index (χ0n) is 12.6. The average molecular weight is 303 g/mol. The van der Waals surface area contributed by atoms with Gasteiger partial charge in [0.1, 0.15) is 25.0 Å². The van der Waals surface area contributed by atoms with Crippen LogP contribution in [0.4, 0.5) is 5.69 Å². The lowest BCUT2D eigenvalue weighted by Crippen LogP contribution is -2.19. The van der Waals surface area contributed by atoms with Crippen LogP contribution in [0.5, 0.6) is 5.75 Å². The summed E-state index contributed by atoms with van der Waals surface area (Å²) in [5.41, 5.74) is 6.36. The van der Waals surface area contributed by atoms with E-state index in [1.807, 2.05) is 25.1 Å². The van der Waals surface area contributed by atoms with E-state index in [-0.39, 0.29) is 11.9 Å². The Morgan fingerprint density at radius 2 is 2.36 bits per heavy atom. The van der Waals surface area contributed by atoms with Crippen molar-refractivity contribution < 1.29 is 9.53 Å². The van der Waals surface area contributed by atoms with E-state index in [4.69, 9.17) is 10.5 Å². The number of anilines is 1. The monoisotopic (exact) mass is 303 g/mol. The van der Waals surface area contributed by atoms with Gasteiger partial charge in [-0.15, -0.1) is 0 Å². The van der Waals surface area contributed by atoms with Gasteiger partial charge in [0, 0.05) is 24.2 Å². The number of nitrogens with zero attached hydrogens (tertiary/aromatic N) is 3. The molecule has 22 heavy (non-hydrogen) atoms. The second-order valence-electron chi connectivity index (χ2n) is 5.10. The summed E-state index contributed by atoms with van der Waals surface area (Å²) in [5.74, 6) is 0.655. The van der Waals surface area contributed by atoms with Crippen molar-refractivity contribution in [1.29, 1.82) is 0 Å². The zero-order chi connectivity index (χ0) is 15.8. The van der Waals surface area contributed by atoms with Gasteiger partial charge in [-0.3, -0.25) is 4.79 Å². The minimum atomic E-state index is -0.0444. The molecule has 1 atom stereocenters. The topological polar surface area (TPSA) is 95.1 Å². The summed E-state index contributed by atoms with van der Waals surface area (Å²) in [5, 5.41) is 6.84. The lowest BCUT2D eigenvalue weighted by atomic mass is 10.2. The highest BCUT2D eigenvalue weighted by Gasteiger charge is 2.05. The van der Waals surface area contributed by atoms with Crippen molar-refractivity contribution in [3.05, 3.63) is 36.9 Å². The third-order valence-electron chi connectivity index (χ3n) is 3.00. The van der Waals surface area contributed by atoms with Crippen LogP contribution in [0, 0.1) is 0 Å². The van der Waals surface area contributed by atoms with Gasteiger partial charge in [0.2, 0.25) is 5.91 Å². The molecule has 0 bridgehead atoms. The highest BCUT2D eigenvalue weighted by Crippen LogP contribution is 2.17. The van der Waals surface area contributed by atoms with Crippen molar-refractivity contribution >= 4 is 11.6 Å². The number of amides is 1. The summed E-state index contributed by atoms with van der Waals surface area (Å²) in [6, 6.07) is 7.33. The number of benzene rings is 1. The zero-order valence-corrected chi connectivity index (χ0v) is 12.6. The fourth-order valence-corrected chi connectivity index (χ4v) is 1.85. The number of nitrogens with one attached hydrogen (secondary N) is 1. The third-order valence-corrected chi connectivity index (χ3v) is 3.00. The molecule has 0 fully saturated rings. The molecule has 1 unspecified atom stereocenters. The molecular formula is C15H21N5O2. The van der Waals surface area contributed by atoms with Gasteiger partial charge in [0.15, 0.2) is 0 Å². The Bertz CT molecular complexity index is 583. The Kier molecular flexibility index (Phi) is 5.91. The second kappa shape index (κ2) is 8.14. The summed E-state index contributed by atoms with van der Waals surface area (Å²) >= 11 is 0. The minimum Gasteiger partial charge on any atom is -0.492 e. The van der Waals surface area contributed by atoms with Crippen LogP contribution >= 0.6 is 0 Å². The van der Waals surface area contributed by atoms with E-state index in [9.17, 15) is 4.79 Å². The standard InChI is InChI=1S/C15H21N5O2/c1-12(16)5-6-15(21)19-13-3-2-4-14(9-13)22-8-7-20-11-17-10-18-20/h2-4,9-12H,5-8,16H2,1H3,(H,19,21). The van der Waals surface area contributed by atoms with E-state index in [0.29, 0.717) is 37.4 Å². The van der Waals surface area contributed by atoms with Crippen molar-refractivity contribution in [2.24, 2.45) is 5.73 Å². The van der Waals surface area contributed by atoms with E-state index < -0.39 is 0 Å². The number of rotatable bonds is 8. The molecule has 1 amide bonds. The van der Waals surface area contributed by atoms with Gasteiger partial charge < -0.3 is 15.8 Å². The van der Waals surface area contributed by atoms with Crippen LogP contribution in [0.3, 0.4) is 0 Å². The van der Waals surface area contributed by atoms with Gasteiger partial charge in [-0.25, -0.2) is 9.67 Å². The second-order valence-corrected chi connectivity index (χ2v) is 5.10. The van der Waals surface area contributed by atoms with Gasteiger partial charge in [0.25, 0.3) is 0 Å². The van der Waals surface area contributed by atoms with Gasteiger partial charge >= 0.3 is 0 Å². The third kappa shape index (κ3) is 5.53. The van der Waals surface area contributed by atoms with E-state index in [2.05, 4.69) is 15.4 Å². The molecule has 0 spiro atoms. The van der Waals surface area contributed by atoms with E-state index in [0.717, 1.165) is 0 Å². The normalized spacial score (nSPS) is 11.9. The van der Waals surface area contributed by atoms with Crippen LogP contribution in [0.15, 0.2) is 36.9 Å². The highest BCUT2D eigenvalue weighted by atomic mass is 16.5. The molecule has 0 saturated heterocycles. The number of hydrogen-bond donors (Lipinski definition) is 2. The first-order valence-corrected chi connectivity index (χ1v) is 7.24. The lowest BCUT2D eigenvalue weighted by Gasteiger charge is -2.10. The molecule has 1 aromatic heterocycles. The Morgan fingerprint density at radius 1 is 1.50 bits per heavy atom. The largest absolute Gasteiger partial charge is 0.492 e. The predicted molar refractivity (Wildman–Crippen MR) is 83.5 cm³/mol. The van der Waals surface area contributed by atoms with Crippen molar-refractivity contribution in [2.45, 2.75) is 32.4 Å². The first-order valence-electron chi connectivity index (χ1n) is 7.24. The van der Waals surface area contributed by atoms with Crippen LogP contribution in [-0.2, 0) is 11.3 Å². The Balaban J connectivity index is 1.80. The van der Waals surface area contributed by atoms with Crippen LogP contribution in [-0.4, -0.2) is 33.3 Å². The minimum absolute atomic E-state index is 0.0252. The van der Waals surface area contributed by atoms with Crippen molar-refractivity contribution in [2.75, 3.05) is 11.9 Å². The fraction of sp³-hybridized carbons (Fsp3) is 0.400. The van der Waals surface area contributed by atoms with Gasteiger partial charge in [0.05, 0.1) is 6.54 Å². The summed E-state index contributed by atoms with van der Waals surface area (Å²) in [7, 11) is 0. The van der Waals surface area contributed by atoms with E-state index in [1.54, 1.807) is 17.1 Å². The quantitative estimate of drug-likeness (QED) is 0.769. The van der Waals surface area contributed by atoms with Crippen LogP contribution in [0.2, 0.25) is 0 Å². The Morgan fingerprint density at radius 3 is 3.09 bits per heavy atom. The van der Waals surface area contributed by atoms with Crippen molar-refractivity contribution in [1.82, 2.24) is 14.8 Å². The summed E-state index contributed by atoms with van der Waals surface area (Å²) in [6.45, 7) is 2.98. The number of hydrogen-bond acceptors (Lipinski definition) is 5. The smallest absolute Gasteiger partial charge is 0.224 e. The molecule has 7 heteroatoms. The van der Waals surface area contributed by atoms with Gasteiger partial charge in [-0.2, -0.15) is 5.10 Å². The molecule has 0 aliphatic carbocycles. The molecule has 3 N–H and O–H groups in total. The van der Waals surface area contributed by atoms with Crippen LogP contribution < -0.4 is 15.8 Å². The molecule has 0 saturated carbocycles. The van der Waals surface area contributed by atoms with E-state index in [1.165, 1.54) is 6.33 Å². The molecule has 2 rings (SSSR count). The van der Waals surface area contributed by atoms with Crippen molar-refractivity contribution in [3.63, 3.8) is 0 Å². The number of nitrogens with two attached hydrogens (primary N) is 1. The first kappa shape index (κ1) is 16.0. The summed E-state index contributed by atoms with van der Waals surface area (Å²) in [6.07, 6.45) is 4.20. The SMILES string of the molecule is CC(N)CCC(=O)Nc1cccc(OCCn2cncn2)c1. The van der Waals surface area contributed by atoms with Crippen LogP contribution in [0.25, 0.3) is 0 Å². The number of carbonyl (C=O) groups is 1. The maximum absolute atomic E-state index is 11.8. The predicted octanol–water partition coefficient (Wildman–Crippen LogP) is 1.42. The van der Waals surface area contributed by atoms with Crippen molar-refractivity contribution in [3.8, 4) is 5.75 Å². The first-order chi connectivity index (χ1) is 10.6. The Labute approximate surface area is 129 Å². The van der Waals surface area contributed by atoms with E-state index >= 15 is 0 Å².